The topological polar surface area (TPSA) is 74.8 Å². The van der Waals surface area contributed by atoms with E-state index >= 15 is 0 Å². The molecule has 1 atom stereocenters. The molecule has 0 radical (unpaired) electrons. The normalized spacial score (nSPS) is 13.3. The molecule has 1 aromatic rings. The summed E-state index contributed by atoms with van der Waals surface area (Å²) in [7, 11) is 3.30. The summed E-state index contributed by atoms with van der Waals surface area (Å²) in [5.41, 5.74) is 0.527. The van der Waals surface area contributed by atoms with Crippen molar-refractivity contribution in [2.75, 3.05) is 32.6 Å². The minimum atomic E-state index is -0.345. The minimum Gasteiger partial charge on any atom is -0.379 e. The summed E-state index contributed by atoms with van der Waals surface area (Å²) < 4.78 is 18.3. The number of ether oxygens (including phenoxy) is 1. The highest BCUT2D eigenvalue weighted by Crippen LogP contribution is 2.20. The number of nitrogens with zero attached hydrogens (tertiary/aromatic N) is 1. The SMILES string of the molecule is CN=C(NCC(=O)Nc1ccc(F)cc1)NCC(OC)C(C)(C)C. The molecular weight excluding hydrogens is 311 g/mol. The standard InChI is InChI=1S/C17H27FN4O2/c1-17(2,3)14(24-5)10-20-16(19-4)21-11-15(23)22-13-8-6-12(18)7-9-13/h6-9,14H,10-11H2,1-5H3,(H,22,23)(H2,19,20,21). The van der Waals surface area contributed by atoms with Gasteiger partial charge in [-0.05, 0) is 29.7 Å². The summed E-state index contributed by atoms with van der Waals surface area (Å²) in [6.45, 7) is 6.89. The molecule has 0 aliphatic rings. The maximum Gasteiger partial charge on any atom is 0.243 e. The van der Waals surface area contributed by atoms with Gasteiger partial charge < -0.3 is 20.7 Å². The van der Waals surface area contributed by atoms with Crippen LogP contribution in [0.3, 0.4) is 0 Å². The van der Waals surface area contributed by atoms with Gasteiger partial charge in [-0.2, -0.15) is 0 Å². The molecule has 7 heteroatoms. The number of benzene rings is 1. The first-order valence-corrected chi connectivity index (χ1v) is 7.79. The van der Waals surface area contributed by atoms with Crippen LogP contribution in [0, 0.1) is 11.2 Å². The van der Waals surface area contributed by atoms with Crippen molar-refractivity contribution in [3.05, 3.63) is 30.1 Å². The zero-order valence-electron chi connectivity index (χ0n) is 14.9. The Morgan fingerprint density at radius 2 is 1.88 bits per heavy atom. The van der Waals surface area contributed by atoms with Crippen molar-refractivity contribution in [1.82, 2.24) is 10.6 Å². The Morgan fingerprint density at radius 3 is 2.38 bits per heavy atom. The van der Waals surface area contributed by atoms with Crippen molar-refractivity contribution < 1.29 is 13.9 Å². The largest absolute Gasteiger partial charge is 0.379 e. The number of rotatable bonds is 6. The van der Waals surface area contributed by atoms with Gasteiger partial charge in [-0.15, -0.1) is 0 Å². The number of guanidine groups is 1. The van der Waals surface area contributed by atoms with Gasteiger partial charge >= 0.3 is 0 Å². The Morgan fingerprint density at radius 1 is 1.25 bits per heavy atom. The summed E-state index contributed by atoms with van der Waals surface area (Å²) in [6, 6.07) is 5.60. The van der Waals surface area contributed by atoms with Crippen LogP contribution >= 0.6 is 0 Å². The Kier molecular flexibility index (Phi) is 7.64. The predicted molar refractivity (Wildman–Crippen MR) is 94.6 cm³/mol. The van der Waals surface area contributed by atoms with E-state index < -0.39 is 0 Å². The van der Waals surface area contributed by atoms with Crippen LogP contribution in [0.2, 0.25) is 0 Å². The molecule has 0 fully saturated rings. The van der Waals surface area contributed by atoms with Gasteiger partial charge in [-0.25, -0.2) is 4.39 Å². The van der Waals surface area contributed by atoms with Gasteiger partial charge in [0.25, 0.3) is 0 Å². The van der Waals surface area contributed by atoms with Crippen LogP contribution in [0.25, 0.3) is 0 Å². The maximum absolute atomic E-state index is 12.8. The Balaban J connectivity index is 2.43. The highest BCUT2D eigenvalue weighted by atomic mass is 19.1. The number of hydrogen-bond donors (Lipinski definition) is 3. The van der Waals surface area contributed by atoms with Crippen LogP contribution < -0.4 is 16.0 Å². The zero-order valence-corrected chi connectivity index (χ0v) is 14.9. The highest BCUT2D eigenvalue weighted by Gasteiger charge is 2.24. The second kappa shape index (κ2) is 9.22. The van der Waals surface area contributed by atoms with Gasteiger partial charge in [0.2, 0.25) is 5.91 Å². The lowest BCUT2D eigenvalue weighted by Gasteiger charge is -2.30. The average molecular weight is 338 g/mol. The summed E-state index contributed by atoms with van der Waals surface area (Å²) in [5, 5.41) is 8.74. The fraction of sp³-hybridized carbons (Fsp3) is 0.529. The highest BCUT2D eigenvalue weighted by molar-refractivity contribution is 5.94. The quantitative estimate of drug-likeness (QED) is 0.548. The summed E-state index contributed by atoms with van der Waals surface area (Å²) in [4.78, 5) is 16.0. The number of halogens is 1. The van der Waals surface area contributed by atoms with Crippen LogP contribution in [-0.2, 0) is 9.53 Å². The Labute approximate surface area is 142 Å². The molecule has 1 aromatic carbocycles. The molecule has 1 unspecified atom stereocenters. The number of carbonyl (C=O) groups is 1. The lowest BCUT2D eigenvalue weighted by Crippen LogP contribution is -2.46. The number of anilines is 1. The van der Waals surface area contributed by atoms with Crippen molar-refractivity contribution in [2.45, 2.75) is 26.9 Å². The average Bonchev–Trinajstić information content (AvgIpc) is 2.51. The van der Waals surface area contributed by atoms with Gasteiger partial charge in [-0.3, -0.25) is 9.79 Å². The molecule has 0 aliphatic carbocycles. The first-order chi connectivity index (χ1) is 11.3. The molecule has 1 rings (SSSR count). The third-order valence-corrected chi connectivity index (χ3v) is 3.47. The molecule has 1 amide bonds. The van der Waals surface area contributed by atoms with Crippen LogP contribution in [0.5, 0.6) is 0 Å². The van der Waals surface area contributed by atoms with Crippen molar-refractivity contribution in [1.29, 1.82) is 0 Å². The number of aliphatic imine (C=N–C) groups is 1. The van der Waals surface area contributed by atoms with E-state index in [1.165, 1.54) is 24.3 Å². The number of hydrogen-bond acceptors (Lipinski definition) is 3. The lowest BCUT2D eigenvalue weighted by atomic mass is 9.89. The van der Waals surface area contributed by atoms with Gasteiger partial charge in [-0.1, -0.05) is 20.8 Å². The first kappa shape index (κ1) is 19.9. The second-order valence-corrected chi connectivity index (χ2v) is 6.45. The van der Waals surface area contributed by atoms with Crippen LogP contribution in [-0.4, -0.2) is 45.2 Å². The molecule has 6 nitrogen and oxygen atoms in total. The molecular formula is C17H27FN4O2. The van der Waals surface area contributed by atoms with E-state index in [1.54, 1.807) is 14.2 Å². The predicted octanol–water partition coefficient (Wildman–Crippen LogP) is 1.99. The lowest BCUT2D eigenvalue weighted by molar-refractivity contribution is -0.115. The van der Waals surface area contributed by atoms with Gasteiger partial charge in [0.1, 0.15) is 5.82 Å². The van der Waals surface area contributed by atoms with E-state index in [0.29, 0.717) is 18.2 Å². The van der Waals surface area contributed by atoms with Crippen LogP contribution in [0.4, 0.5) is 10.1 Å². The van der Waals surface area contributed by atoms with E-state index in [4.69, 9.17) is 4.74 Å². The van der Waals surface area contributed by atoms with E-state index in [0.717, 1.165) is 0 Å². The first-order valence-electron chi connectivity index (χ1n) is 7.79. The fourth-order valence-corrected chi connectivity index (χ4v) is 2.06. The Hall–Kier alpha value is -2.15. The summed E-state index contributed by atoms with van der Waals surface area (Å²) in [5.74, 6) is -0.0819. The summed E-state index contributed by atoms with van der Waals surface area (Å²) in [6.07, 6.45) is 0.00379. The van der Waals surface area contributed by atoms with E-state index in [9.17, 15) is 9.18 Å². The van der Waals surface area contributed by atoms with Crippen molar-refractivity contribution in [3.8, 4) is 0 Å². The van der Waals surface area contributed by atoms with Gasteiger partial charge in [0, 0.05) is 26.4 Å². The van der Waals surface area contributed by atoms with E-state index in [1.807, 2.05) is 0 Å². The van der Waals surface area contributed by atoms with Crippen molar-refractivity contribution >= 4 is 17.6 Å². The van der Waals surface area contributed by atoms with Crippen molar-refractivity contribution in [2.24, 2.45) is 10.4 Å². The second-order valence-electron chi connectivity index (χ2n) is 6.45. The fourth-order valence-electron chi connectivity index (χ4n) is 2.06. The molecule has 3 N–H and O–H groups in total. The molecule has 0 spiro atoms. The molecule has 0 saturated carbocycles. The molecule has 134 valence electrons. The molecule has 0 heterocycles. The monoisotopic (exact) mass is 338 g/mol. The van der Waals surface area contributed by atoms with Gasteiger partial charge in [0.05, 0.1) is 12.6 Å². The smallest absolute Gasteiger partial charge is 0.243 e. The third-order valence-electron chi connectivity index (χ3n) is 3.47. The Bertz CT molecular complexity index is 553. The van der Waals surface area contributed by atoms with Crippen molar-refractivity contribution in [3.63, 3.8) is 0 Å². The number of carbonyl (C=O) groups excluding carboxylic acids is 1. The minimum absolute atomic E-state index is 0.00379. The number of amides is 1. The number of methoxy groups -OCH3 is 1. The van der Waals surface area contributed by atoms with Crippen LogP contribution in [0.15, 0.2) is 29.3 Å². The van der Waals surface area contributed by atoms with E-state index in [2.05, 4.69) is 41.7 Å². The zero-order chi connectivity index (χ0) is 18.2. The molecule has 0 saturated heterocycles. The van der Waals surface area contributed by atoms with E-state index in [-0.39, 0.29) is 29.8 Å². The molecule has 24 heavy (non-hydrogen) atoms. The molecule has 0 aromatic heterocycles. The third kappa shape index (κ3) is 6.95. The summed E-state index contributed by atoms with van der Waals surface area (Å²) >= 11 is 0. The molecule has 0 bridgehead atoms. The van der Waals surface area contributed by atoms with Crippen LogP contribution in [0.1, 0.15) is 20.8 Å². The maximum atomic E-state index is 12.8. The molecule has 0 aliphatic heterocycles. The number of nitrogens with one attached hydrogen (secondary N) is 3. The van der Waals surface area contributed by atoms with Gasteiger partial charge in [0.15, 0.2) is 5.96 Å².